The predicted molar refractivity (Wildman–Crippen MR) is 106 cm³/mol. The van der Waals surface area contributed by atoms with Gasteiger partial charge in [0.15, 0.2) is 11.5 Å². The Hall–Kier alpha value is -3.19. The average Bonchev–Trinajstić information content (AvgIpc) is 2.71. The van der Waals surface area contributed by atoms with Crippen LogP contribution >= 0.6 is 0 Å². The summed E-state index contributed by atoms with van der Waals surface area (Å²) in [5.41, 5.74) is 7.64. The van der Waals surface area contributed by atoms with Crippen molar-refractivity contribution in [2.24, 2.45) is 5.73 Å². The molecule has 0 aliphatic rings. The molecule has 1 amide bonds. The number of methoxy groups -OCH3 is 4. The Kier molecular flexibility index (Phi) is 7.08. The lowest BCUT2D eigenvalue weighted by molar-refractivity contribution is -0.114. The Balaban J connectivity index is 2.41. The molecule has 0 bridgehead atoms. The number of amides is 1. The van der Waals surface area contributed by atoms with Gasteiger partial charge in [0.2, 0.25) is 11.7 Å². The van der Waals surface area contributed by atoms with Gasteiger partial charge in [-0.25, -0.2) is 0 Å². The van der Waals surface area contributed by atoms with Crippen molar-refractivity contribution in [3.8, 4) is 23.0 Å². The molecule has 0 saturated heterocycles. The zero-order valence-corrected chi connectivity index (χ0v) is 15.9. The number of carbonyl (C=O) groups excluding carboxylic acids is 1. The molecular weight excluding hydrogens is 348 g/mol. The number of nitrogens with two attached hydrogens (primary N) is 1. The lowest BCUT2D eigenvalue weighted by Gasteiger charge is -2.13. The van der Waals surface area contributed by atoms with Crippen molar-refractivity contribution in [3.63, 3.8) is 0 Å². The first-order valence-corrected chi connectivity index (χ1v) is 8.22. The van der Waals surface area contributed by atoms with Gasteiger partial charge < -0.3 is 30.0 Å². The summed E-state index contributed by atoms with van der Waals surface area (Å²) in [6.07, 6.45) is 3.75. The summed E-state index contributed by atoms with van der Waals surface area (Å²) in [4.78, 5) is 11.7. The van der Waals surface area contributed by atoms with Gasteiger partial charge in [0, 0.05) is 6.07 Å². The van der Waals surface area contributed by atoms with E-state index in [1.54, 1.807) is 34.5 Å². The minimum Gasteiger partial charge on any atom is -0.497 e. The highest BCUT2D eigenvalue weighted by molar-refractivity contribution is 5.95. The molecule has 3 N–H and O–H groups in total. The number of carbonyl (C=O) groups is 1. The minimum atomic E-state index is -0.286. The lowest BCUT2D eigenvalue weighted by atomic mass is 10.1. The molecule has 0 aliphatic heterocycles. The molecule has 7 nitrogen and oxygen atoms in total. The zero-order chi connectivity index (χ0) is 19.8. The van der Waals surface area contributed by atoms with Crippen LogP contribution in [0.15, 0.2) is 30.3 Å². The molecule has 2 aromatic rings. The number of nitrogens with one attached hydrogen (secondary N) is 1. The second-order valence-electron chi connectivity index (χ2n) is 5.50. The van der Waals surface area contributed by atoms with E-state index >= 15 is 0 Å². The summed E-state index contributed by atoms with van der Waals surface area (Å²) in [6.45, 7) is -0.104. The zero-order valence-electron chi connectivity index (χ0n) is 15.9. The van der Waals surface area contributed by atoms with Crippen LogP contribution in [0.2, 0.25) is 0 Å². The highest BCUT2D eigenvalue weighted by Crippen LogP contribution is 2.38. The maximum absolute atomic E-state index is 11.7. The number of hydrogen-bond acceptors (Lipinski definition) is 6. The summed E-state index contributed by atoms with van der Waals surface area (Å²) >= 11 is 0. The monoisotopic (exact) mass is 372 g/mol. The van der Waals surface area contributed by atoms with E-state index in [4.69, 9.17) is 24.7 Å². The van der Waals surface area contributed by atoms with Gasteiger partial charge in [-0.3, -0.25) is 4.79 Å². The van der Waals surface area contributed by atoms with Crippen LogP contribution in [0.4, 0.5) is 5.69 Å². The lowest BCUT2D eigenvalue weighted by Crippen LogP contribution is -2.22. The number of benzene rings is 2. The largest absolute Gasteiger partial charge is 0.497 e. The van der Waals surface area contributed by atoms with Gasteiger partial charge in [0.05, 0.1) is 40.7 Å². The molecule has 0 unspecified atom stereocenters. The van der Waals surface area contributed by atoms with Crippen molar-refractivity contribution < 1.29 is 23.7 Å². The highest BCUT2D eigenvalue weighted by Gasteiger charge is 2.12. The molecule has 0 spiro atoms. The second kappa shape index (κ2) is 9.49. The van der Waals surface area contributed by atoms with Gasteiger partial charge in [0.1, 0.15) is 5.75 Å². The van der Waals surface area contributed by atoms with Gasteiger partial charge in [-0.2, -0.15) is 0 Å². The second-order valence-corrected chi connectivity index (χ2v) is 5.50. The molecule has 144 valence electrons. The maximum Gasteiger partial charge on any atom is 0.238 e. The Labute approximate surface area is 158 Å². The highest BCUT2D eigenvalue weighted by atomic mass is 16.5. The first kappa shape index (κ1) is 20.1. The van der Waals surface area contributed by atoms with E-state index in [0.29, 0.717) is 28.7 Å². The normalized spacial score (nSPS) is 10.6. The molecule has 0 saturated carbocycles. The van der Waals surface area contributed by atoms with E-state index in [9.17, 15) is 4.79 Å². The molecule has 0 fully saturated rings. The predicted octanol–water partition coefficient (Wildman–Crippen LogP) is 2.79. The van der Waals surface area contributed by atoms with Gasteiger partial charge >= 0.3 is 0 Å². The van der Waals surface area contributed by atoms with Crippen molar-refractivity contribution in [3.05, 3.63) is 41.5 Å². The van der Waals surface area contributed by atoms with Crippen LogP contribution in [0.3, 0.4) is 0 Å². The molecule has 27 heavy (non-hydrogen) atoms. The first-order chi connectivity index (χ1) is 13.1. The van der Waals surface area contributed by atoms with E-state index < -0.39 is 0 Å². The van der Waals surface area contributed by atoms with Crippen LogP contribution in [-0.4, -0.2) is 40.9 Å². The van der Waals surface area contributed by atoms with E-state index in [1.807, 2.05) is 36.4 Å². The van der Waals surface area contributed by atoms with Crippen molar-refractivity contribution >= 4 is 23.7 Å². The molecule has 2 rings (SSSR count). The smallest absolute Gasteiger partial charge is 0.238 e. The maximum atomic E-state index is 11.7. The number of ether oxygens (including phenoxy) is 4. The third-order valence-corrected chi connectivity index (χ3v) is 3.86. The number of rotatable bonds is 8. The summed E-state index contributed by atoms with van der Waals surface area (Å²) in [5, 5.41) is 2.77. The van der Waals surface area contributed by atoms with Gasteiger partial charge in [-0.1, -0.05) is 12.2 Å². The van der Waals surface area contributed by atoms with Crippen molar-refractivity contribution in [1.82, 2.24) is 0 Å². The fraction of sp³-hybridized carbons (Fsp3) is 0.250. The summed E-state index contributed by atoms with van der Waals surface area (Å²) < 4.78 is 21.3. The Morgan fingerprint density at radius 2 is 1.63 bits per heavy atom. The summed E-state index contributed by atoms with van der Waals surface area (Å²) in [5.74, 6) is 1.99. The third-order valence-electron chi connectivity index (χ3n) is 3.86. The standard InChI is InChI=1S/C20H24N2O5/c1-24-15-8-7-14(16(11-15)22-19(23)12-21)6-5-13-9-17(25-2)20(27-4)18(10-13)26-3/h5-11H,12,21H2,1-4H3,(H,22,23)/b6-5-. The molecule has 0 atom stereocenters. The molecule has 7 heteroatoms. The molecule has 0 heterocycles. The fourth-order valence-corrected chi connectivity index (χ4v) is 2.50. The summed E-state index contributed by atoms with van der Waals surface area (Å²) in [6, 6.07) is 9.06. The fourth-order valence-electron chi connectivity index (χ4n) is 2.50. The Bertz CT molecular complexity index is 808. The number of anilines is 1. The Morgan fingerprint density at radius 3 is 2.15 bits per heavy atom. The Morgan fingerprint density at radius 1 is 0.963 bits per heavy atom. The number of hydrogen-bond donors (Lipinski definition) is 2. The van der Waals surface area contributed by atoms with Gasteiger partial charge in [-0.15, -0.1) is 0 Å². The molecule has 2 aromatic carbocycles. The van der Waals surface area contributed by atoms with E-state index in [2.05, 4.69) is 5.32 Å². The minimum absolute atomic E-state index is 0.104. The topological polar surface area (TPSA) is 92.0 Å². The summed E-state index contributed by atoms with van der Waals surface area (Å²) in [7, 11) is 6.25. The van der Waals surface area contributed by atoms with Crippen molar-refractivity contribution in [2.75, 3.05) is 40.3 Å². The van der Waals surface area contributed by atoms with Crippen LogP contribution in [-0.2, 0) is 4.79 Å². The molecule has 0 radical (unpaired) electrons. The van der Waals surface area contributed by atoms with Gasteiger partial charge in [0.25, 0.3) is 0 Å². The first-order valence-electron chi connectivity index (χ1n) is 8.22. The van der Waals surface area contributed by atoms with Crippen LogP contribution < -0.4 is 30.0 Å². The molecular formula is C20H24N2O5. The van der Waals surface area contributed by atoms with E-state index in [1.165, 1.54) is 0 Å². The van der Waals surface area contributed by atoms with E-state index in [-0.39, 0.29) is 12.5 Å². The SMILES string of the molecule is COc1ccc(/C=C\c2cc(OC)c(OC)c(OC)c2)c(NC(=O)CN)c1. The van der Waals surface area contributed by atoms with Crippen molar-refractivity contribution in [2.45, 2.75) is 0 Å². The van der Waals surface area contributed by atoms with Crippen LogP contribution in [0.25, 0.3) is 12.2 Å². The third kappa shape index (κ3) is 4.92. The van der Waals surface area contributed by atoms with E-state index in [0.717, 1.165) is 11.1 Å². The molecule has 0 aromatic heterocycles. The van der Waals surface area contributed by atoms with Crippen molar-refractivity contribution in [1.29, 1.82) is 0 Å². The van der Waals surface area contributed by atoms with Crippen LogP contribution in [0, 0.1) is 0 Å². The van der Waals surface area contributed by atoms with Crippen LogP contribution in [0.5, 0.6) is 23.0 Å². The quantitative estimate of drug-likeness (QED) is 0.693. The average molecular weight is 372 g/mol. The van der Waals surface area contributed by atoms with Crippen LogP contribution in [0.1, 0.15) is 11.1 Å². The molecule has 0 aliphatic carbocycles. The van der Waals surface area contributed by atoms with Gasteiger partial charge in [-0.05, 0) is 35.4 Å².